The van der Waals surface area contributed by atoms with E-state index in [1.54, 1.807) is 0 Å². The molecule has 0 radical (unpaired) electrons. The molecule has 1 aliphatic heterocycles. The average Bonchev–Trinajstić information content (AvgIpc) is 2.62. The molecule has 3 rings (SSSR count). The van der Waals surface area contributed by atoms with Crippen LogP contribution in [0.4, 0.5) is 11.4 Å². The molecule has 22 heavy (non-hydrogen) atoms. The molecule has 3 heteroatoms. The van der Waals surface area contributed by atoms with Gasteiger partial charge in [-0.15, -0.1) is 0 Å². The largest absolute Gasteiger partial charge is 0.368 e. The summed E-state index contributed by atoms with van der Waals surface area (Å²) in [4.78, 5) is 16.5. The van der Waals surface area contributed by atoms with Crippen molar-refractivity contribution in [1.29, 1.82) is 0 Å². The number of benzene rings is 2. The SMILES string of the molecule is CCC(=O)c1ccc(N2CCN(c3ccccc3)CC2)cc1. The van der Waals surface area contributed by atoms with Crippen molar-refractivity contribution in [3.63, 3.8) is 0 Å². The third-order valence-electron chi connectivity index (χ3n) is 4.28. The van der Waals surface area contributed by atoms with Gasteiger partial charge in [-0.25, -0.2) is 0 Å². The number of hydrogen-bond donors (Lipinski definition) is 0. The summed E-state index contributed by atoms with van der Waals surface area (Å²) in [7, 11) is 0. The number of para-hydroxylation sites is 1. The molecule has 0 N–H and O–H groups in total. The van der Waals surface area contributed by atoms with Crippen molar-refractivity contribution < 1.29 is 4.79 Å². The lowest BCUT2D eigenvalue weighted by Crippen LogP contribution is -2.46. The van der Waals surface area contributed by atoms with Crippen LogP contribution in [-0.4, -0.2) is 32.0 Å². The van der Waals surface area contributed by atoms with E-state index in [4.69, 9.17) is 0 Å². The van der Waals surface area contributed by atoms with Gasteiger partial charge < -0.3 is 9.80 Å². The highest BCUT2D eigenvalue weighted by molar-refractivity contribution is 5.96. The number of rotatable bonds is 4. The van der Waals surface area contributed by atoms with Gasteiger partial charge in [0.25, 0.3) is 0 Å². The lowest BCUT2D eigenvalue weighted by atomic mass is 10.1. The zero-order valence-corrected chi connectivity index (χ0v) is 13.0. The van der Waals surface area contributed by atoms with Gasteiger partial charge in [0.1, 0.15) is 0 Å². The van der Waals surface area contributed by atoms with Crippen LogP contribution < -0.4 is 9.80 Å². The van der Waals surface area contributed by atoms with Gasteiger partial charge in [0.05, 0.1) is 0 Å². The number of Topliss-reactive ketones (excluding diaryl/α,β-unsaturated/α-hetero) is 1. The van der Waals surface area contributed by atoms with E-state index in [0.29, 0.717) is 6.42 Å². The highest BCUT2D eigenvalue weighted by Gasteiger charge is 2.17. The minimum absolute atomic E-state index is 0.209. The van der Waals surface area contributed by atoms with E-state index in [-0.39, 0.29) is 5.78 Å². The minimum atomic E-state index is 0.209. The van der Waals surface area contributed by atoms with Crippen molar-refractivity contribution >= 4 is 17.2 Å². The van der Waals surface area contributed by atoms with Crippen LogP contribution in [0.15, 0.2) is 54.6 Å². The molecule has 0 atom stereocenters. The summed E-state index contributed by atoms with van der Waals surface area (Å²) < 4.78 is 0. The van der Waals surface area contributed by atoms with Crippen LogP contribution in [0.25, 0.3) is 0 Å². The monoisotopic (exact) mass is 294 g/mol. The second-order valence-electron chi connectivity index (χ2n) is 5.63. The molecule has 0 bridgehead atoms. The Balaban J connectivity index is 1.63. The Bertz CT molecular complexity index is 614. The highest BCUT2D eigenvalue weighted by atomic mass is 16.1. The predicted octanol–water partition coefficient (Wildman–Crippen LogP) is 3.61. The van der Waals surface area contributed by atoms with Gasteiger partial charge in [0.2, 0.25) is 0 Å². The molecule has 0 aromatic heterocycles. The van der Waals surface area contributed by atoms with E-state index >= 15 is 0 Å². The molecule has 2 aromatic rings. The molecule has 1 heterocycles. The highest BCUT2D eigenvalue weighted by Crippen LogP contribution is 2.21. The maximum Gasteiger partial charge on any atom is 0.162 e. The van der Waals surface area contributed by atoms with Crippen LogP contribution in [0.5, 0.6) is 0 Å². The molecule has 3 nitrogen and oxygen atoms in total. The standard InChI is InChI=1S/C19H22N2O/c1-2-19(22)16-8-10-18(11-9-16)21-14-12-20(13-15-21)17-6-4-3-5-7-17/h3-11H,2,12-15H2,1H3. The third-order valence-corrected chi connectivity index (χ3v) is 4.28. The zero-order valence-electron chi connectivity index (χ0n) is 13.0. The first kappa shape index (κ1) is 14.6. The Kier molecular flexibility index (Phi) is 4.42. The Labute approximate surface area is 132 Å². The van der Waals surface area contributed by atoms with Crippen LogP contribution in [0, 0.1) is 0 Å². The molecule has 0 unspecified atom stereocenters. The lowest BCUT2D eigenvalue weighted by Gasteiger charge is -2.37. The number of hydrogen-bond acceptors (Lipinski definition) is 3. The molecule has 114 valence electrons. The first-order chi connectivity index (χ1) is 10.8. The molecule has 1 saturated heterocycles. The molecule has 1 fully saturated rings. The number of carbonyl (C=O) groups is 1. The second-order valence-corrected chi connectivity index (χ2v) is 5.63. The first-order valence-corrected chi connectivity index (χ1v) is 7.96. The Morgan fingerprint density at radius 1 is 0.818 bits per heavy atom. The molecule has 0 saturated carbocycles. The summed E-state index contributed by atoms with van der Waals surface area (Å²) in [6, 6.07) is 18.6. The van der Waals surface area contributed by atoms with E-state index in [9.17, 15) is 4.79 Å². The van der Waals surface area contributed by atoms with Crippen molar-refractivity contribution in [2.45, 2.75) is 13.3 Å². The Morgan fingerprint density at radius 3 is 1.82 bits per heavy atom. The summed E-state index contributed by atoms with van der Waals surface area (Å²) in [6.07, 6.45) is 0.565. The van der Waals surface area contributed by atoms with Crippen LogP contribution >= 0.6 is 0 Å². The molecule has 0 spiro atoms. The molecular weight excluding hydrogens is 272 g/mol. The second kappa shape index (κ2) is 6.65. The molecule has 2 aromatic carbocycles. The summed E-state index contributed by atoms with van der Waals surface area (Å²) in [5, 5.41) is 0. The van der Waals surface area contributed by atoms with Crippen molar-refractivity contribution in [2.75, 3.05) is 36.0 Å². The van der Waals surface area contributed by atoms with Gasteiger partial charge in [-0.3, -0.25) is 4.79 Å². The predicted molar refractivity (Wildman–Crippen MR) is 91.9 cm³/mol. The molecule has 1 aliphatic rings. The summed E-state index contributed by atoms with van der Waals surface area (Å²) in [5.41, 5.74) is 3.32. The fourth-order valence-corrected chi connectivity index (χ4v) is 2.92. The van der Waals surface area contributed by atoms with Crippen molar-refractivity contribution in [1.82, 2.24) is 0 Å². The number of ketones is 1. The Hall–Kier alpha value is -2.29. The summed E-state index contributed by atoms with van der Waals surface area (Å²) in [5.74, 6) is 0.209. The number of piperazine rings is 1. The maximum atomic E-state index is 11.7. The van der Waals surface area contributed by atoms with E-state index in [2.05, 4.69) is 52.3 Å². The smallest absolute Gasteiger partial charge is 0.162 e. The Morgan fingerprint density at radius 2 is 1.32 bits per heavy atom. The zero-order chi connectivity index (χ0) is 15.4. The van der Waals surface area contributed by atoms with Gasteiger partial charge in [-0.2, -0.15) is 0 Å². The quantitative estimate of drug-likeness (QED) is 0.805. The number of nitrogens with zero attached hydrogens (tertiary/aromatic N) is 2. The van der Waals surface area contributed by atoms with E-state index in [0.717, 1.165) is 31.7 Å². The number of anilines is 2. The van der Waals surface area contributed by atoms with Gasteiger partial charge in [-0.05, 0) is 36.4 Å². The minimum Gasteiger partial charge on any atom is -0.368 e. The van der Waals surface area contributed by atoms with E-state index in [1.807, 2.05) is 19.1 Å². The summed E-state index contributed by atoms with van der Waals surface area (Å²) >= 11 is 0. The normalized spacial score (nSPS) is 15.0. The van der Waals surface area contributed by atoms with Gasteiger partial charge >= 0.3 is 0 Å². The first-order valence-electron chi connectivity index (χ1n) is 7.96. The van der Waals surface area contributed by atoms with Crippen molar-refractivity contribution in [2.24, 2.45) is 0 Å². The average molecular weight is 294 g/mol. The fraction of sp³-hybridized carbons (Fsp3) is 0.316. The van der Waals surface area contributed by atoms with Gasteiger partial charge in [0, 0.05) is 49.5 Å². The van der Waals surface area contributed by atoms with E-state index < -0.39 is 0 Å². The van der Waals surface area contributed by atoms with Crippen LogP contribution in [0.1, 0.15) is 23.7 Å². The molecule has 0 amide bonds. The molecule has 0 aliphatic carbocycles. The maximum absolute atomic E-state index is 11.7. The third kappa shape index (κ3) is 3.14. The summed E-state index contributed by atoms with van der Waals surface area (Å²) in [6.45, 7) is 5.98. The van der Waals surface area contributed by atoms with Gasteiger partial charge in [0.15, 0.2) is 5.78 Å². The van der Waals surface area contributed by atoms with Gasteiger partial charge in [-0.1, -0.05) is 25.1 Å². The lowest BCUT2D eigenvalue weighted by molar-refractivity contribution is 0.0988. The van der Waals surface area contributed by atoms with E-state index in [1.165, 1.54) is 11.4 Å². The van der Waals surface area contributed by atoms with Crippen molar-refractivity contribution in [3.8, 4) is 0 Å². The number of carbonyl (C=O) groups excluding carboxylic acids is 1. The van der Waals surface area contributed by atoms with Crippen LogP contribution in [0.3, 0.4) is 0 Å². The topological polar surface area (TPSA) is 23.6 Å². The fourth-order valence-electron chi connectivity index (χ4n) is 2.92. The van der Waals surface area contributed by atoms with Crippen LogP contribution in [-0.2, 0) is 0 Å². The van der Waals surface area contributed by atoms with Crippen molar-refractivity contribution in [3.05, 3.63) is 60.2 Å². The van der Waals surface area contributed by atoms with Crippen LogP contribution in [0.2, 0.25) is 0 Å². The molecular formula is C19H22N2O.